The van der Waals surface area contributed by atoms with E-state index in [1.807, 2.05) is 0 Å². The van der Waals surface area contributed by atoms with Crippen LogP contribution >= 0.6 is 23.2 Å². The minimum Gasteiger partial charge on any atom is -0.0979 e. The molecule has 1 aromatic carbocycles. The number of alkyl halides is 2. The first kappa shape index (κ1) is 9.71. The normalized spacial score (nSPS) is 12.1. The van der Waals surface area contributed by atoms with Gasteiger partial charge in [-0.2, -0.15) is 0 Å². The van der Waals surface area contributed by atoms with Gasteiger partial charge in [0.15, 0.2) is 0 Å². The molecule has 1 rings (SSSR count). The van der Waals surface area contributed by atoms with Crippen LogP contribution in [0.2, 0.25) is 0 Å². The summed E-state index contributed by atoms with van der Waals surface area (Å²) in [6.45, 7) is 0. The SMILES string of the molecule is FN(F)C(Cl)(Cl)c1ccccc1. The van der Waals surface area contributed by atoms with Crippen LogP contribution in [-0.4, -0.2) is 5.34 Å². The second kappa shape index (κ2) is 3.56. The first-order valence-electron chi connectivity index (χ1n) is 3.10. The fraction of sp³-hybridized carbons (Fsp3) is 0.143. The van der Waals surface area contributed by atoms with Crippen LogP contribution in [0, 0.1) is 0 Å². The molecule has 1 nitrogen and oxygen atoms in total. The number of benzene rings is 1. The fourth-order valence-electron chi connectivity index (χ4n) is 0.736. The van der Waals surface area contributed by atoms with E-state index < -0.39 is 9.80 Å². The Labute approximate surface area is 78.4 Å². The highest BCUT2D eigenvalue weighted by molar-refractivity contribution is 6.47. The second-order valence-corrected chi connectivity index (χ2v) is 3.43. The minimum absolute atomic E-state index is 0.137. The van der Waals surface area contributed by atoms with Crippen LogP contribution in [0.15, 0.2) is 30.3 Å². The maximum Gasteiger partial charge on any atom is 0.255 e. The van der Waals surface area contributed by atoms with Crippen LogP contribution in [0.25, 0.3) is 0 Å². The van der Waals surface area contributed by atoms with Gasteiger partial charge in [0.2, 0.25) is 0 Å². The van der Waals surface area contributed by atoms with E-state index >= 15 is 0 Å². The highest BCUT2D eigenvalue weighted by Gasteiger charge is 2.36. The van der Waals surface area contributed by atoms with Gasteiger partial charge in [0, 0.05) is 5.56 Å². The minimum atomic E-state index is -2.26. The van der Waals surface area contributed by atoms with Crippen molar-refractivity contribution >= 4 is 23.2 Å². The Kier molecular flexibility index (Phi) is 2.88. The van der Waals surface area contributed by atoms with Crippen LogP contribution in [0.3, 0.4) is 0 Å². The molecular formula is C7H5Cl2F2N. The summed E-state index contributed by atoms with van der Waals surface area (Å²) in [6.07, 6.45) is 0. The summed E-state index contributed by atoms with van der Waals surface area (Å²) in [5.74, 6) is 0. The summed E-state index contributed by atoms with van der Waals surface area (Å²) in [6, 6.07) is 7.70. The quantitative estimate of drug-likeness (QED) is 0.412. The van der Waals surface area contributed by atoms with Crippen molar-refractivity contribution < 1.29 is 8.96 Å². The number of hydrogen-bond donors (Lipinski definition) is 0. The van der Waals surface area contributed by atoms with Crippen molar-refractivity contribution in [2.45, 2.75) is 4.46 Å². The van der Waals surface area contributed by atoms with Gasteiger partial charge in [-0.3, -0.25) is 0 Å². The standard InChI is InChI=1S/C7H5Cl2F2N/c8-7(9,12(10)11)6-4-2-1-3-5-6/h1-5H. The number of hydrogen-bond acceptors (Lipinski definition) is 1. The Morgan fingerprint density at radius 3 is 2.00 bits per heavy atom. The zero-order chi connectivity index (χ0) is 9.19. The molecule has 0 spiro atoms. The Bertz CT molecular complexity index is 251. The van der Waals surface area contributed by atoms with Crippen LogP contribution in [0.5, 0.6) is 0 Å². The smallest absolute Gasteiger partial charge is 0.0979 e. The largest absolute Gasteiger partial charge is 0.255 e. The van der Waals surface area contributed by atoms with E-state index in [2.05, 4.69) is 0 Å². The third-order valence-electron chi connectivity index (χ3n) is 1.33. The monoisotopic (exact) mass is 211 g/mol. The average Bonchev–Trinajstić information content (AvgIpc) is 2.06. The van der Waals surface area contributed by atoms with Crippen LogP contribution in [0.4, 0.5) is 8.96 Å². The van der Waals surface area contributed by atoms with Gasteiger partial charge in [-0.05, 0) is 0 Å². The Balaban J connectivity index is 2.98. The molecule has 0 aromatic heterocycles. The van der Waals surface area contributed by atoms with Gasteiger partial charge >= 0.3 is 0 Å². The molecule has 0 saturated heterocycles. The van der Waals surface area contributed by atoms with Crippen molar-refractivity contribution in [2.24, 2.45) is 0 Å². The third kappa shape index (κ3) is 1.86. The van der Waals surface area contributed by atoms with E-state index in [4.69, 9.17) is 23.2 Å². The molecule has 0 radical (unpaired) electrons. The molecule has 0 fully saturated rings. The molecule has 0 unspecified atom stereocenters. The molecule has 0 bridgehead atoms. The first-order valence-corrected chi connectivity index (χ1v) is 3.86. The lowest BCUT2D eigenvalue weighted by atomic mass is 10.2. The summed E-state index contributed by atoms with van der Waals surface area (Å²) in [4.78, 5) is 0. The molecule has 0 atom stereocenters. The van der Waals surface area contributed by atoms with Crippen molar-refractivity contribution in [3.63, 3.8) is 0 Å². The van der Waals surface area contributed by atoms with Crippen molar-refractivity contribution in [3.05, 3.63) is 35.9 Å². The summed E-state index contributed by atoms with van der Waals surface area (Å²) < 4.78 is 21.9. The van der Waals surface area contributed by atoms with Gasteiger partial charge in [0.25, 0.3) is 4.46 Å². The summed E-state index contributed by atoms with van der Waals surface area (Å²) in [5, 5.41) is -1.24. The van der Waals surface area contributed by atoms with Crippen molar-refractivity contribution in [3.8, 4) is 0 Å². The molecule has 0 amide bonds. The molecule has 0 N–H and O–H groups in total. The summed E-state index contributed by atoms with van der Waals surface area (Å²) in [7, 11) is 0. The molecule has 0 aliphatic carbocycles. The van der Waals surface area contributed by atoms with Gasteiger partial charge in [0.05, 0.1) is 5.34 Å². The van der Waals surface area contributed by atoms with Crippen molar-refractivity contribution in [1.29, 1.82) is 0 Å². The van der Waals surface area contributed by atoms with Gasteiger partial charge < -0.3 is 0 Å². The lowest BCUT2D eigenvalue weighted by Crippen LogP contribution is -2.23. The van der Waals surface area contributed by atoms with Gasteiger partial charge in [0.1, 0.15) is 0 Å². The Morgan fingerprint density at radius 2 is 1.58 bits per heavy atom. The molecule has 0 saturated carbocycles. The predicted octanol–water partition coefficient (Wildman–Crippen LogP) is 3.35. The van der Waals surface area contributed by atoms with E-state index in [1.165, 1.54) is 12.1 Å². The number of nitrogens with zero attached hydrogens (tertiary/aromatic N) is 1. The first-order chi connectivity index (χ1) is 5.55. The van der Waals surface area contributed by atoms with E-state index in [0.29, 0.717) is 0 Å². The van der Waals surface area contributed by atoms with Crippen molar-refractivity contribution in [2.75, 3.05) is 0 Å². The zero-order valence-corrected chi connectivity index (χ0v) is 7.36. The maximum atomic E-state index is 12.1. The molecule has 5 heteroatoms. The number of rotatable bonds is 2. The molecule has 12 heavy (non-hydrogen) atoms. The van der Waals surface area contributed by atoms with Crippen LogP contribution < -0.4 is 0 Å². The molecule has 1 aromatic rings. The molecular weight excluding hydrogens is 207 g/mol. The van der Waals surface area contributed by atoms with Gasteiger partial charge in [-0.1, -0.05) is 62.5 Å². The van der Waals surface area contributed by atoms with E-state index in [0.717, 1.165) is 0 Å². The second-order valence-electron chi connectivity index (χ2n) is 2.14. The van der Waals surface area contributed by atoms with Crippen LogP contribution in [-0.2, 0) is 4.46 Å². The topological polar surface area (TPSA) is 3.24 Å². The van der Waals surface area contributed by atoms with E-state index in [1.54, 1.807) is 18.2 Å². The highest BCUT2D eigenvalue weighted by atomic mass is 35.5. The number of halogens is 4. The predicted molar refractivity (Wildman–Crippen MR) is 43.9 cm³/mol. The molecule has 0 heterocycles. The van der Waals surface area contributed by atoms with E-state index in [-0.39, 0.29) is 5.56 Å². The fourth-order valence-corrected chi connectivity index (χ4v) is 0.988. The lowest BCUT2D eigenvalue weighted by Gasteiger charge is -2.18. The van der Waals surface area contributed by atoms with Gasteiger partial charge in [-0.25, -0.2) is 0 Å². The van der Waals surface area contributed by atoms with E-state index in [9.17, 15) is 8.96 Å². The maximum absolute atomic E-state index is 12.1. The summed E-state index contributed by atoms with van der Waals surface area (Å²) in [5.41, 5.74) is 0.137. The lowest BCUT2D eigenvalue weighted by molar-refractivity contribution is -0.181. The average molecular weight is 212 g/mol. The van der Waals surface area contributed by atoms with Gasteiger partial charge in [-0.15, -0.1) is 0 Å². The zero-order valence-electron chi connectivity index (χ0n) is 5.85. The summed E-state index contributed by atoms with van der Waals surface area (Å²) >= 11 is 10.7. The van der Waals surface area contributed by atoms with Crippen molar-refractivity contribution in [1.82, 2.24) is 5.34 Å². The molecule has 0 aliphatic rings. The highest BCUT2D eigenvalue weighted by Crippen LogP contribution is 2.37. The Morgan fingerprint density at radius 1 is 1.08 bits per heavy atom. The van der Waals surface area contributed by atoms with Crippen LogP contribution in [0.1, 0.15) is 5.56 Å². The Hall–Kier alpha value is -0.380. The molecule has 0 aliphatic heterocycles. The third-order valence-corrected chi connectivity index (χ3v) is 2.03. The molecule has 66 valence electrons.